The van der Waals surface area contributed by atoms with Gasteiger partial charge in [-0.15, -0.1) is 0 Å². The molecule has 0 unspecified atom stereocenters. The first kappa shape index (κ1) is 21.0. The Bertz CT molecular complexity index is 918. The summed E-state index contributed by atoms with van der Waals surface area (Å²) in [6.07, 6.45) is 1.78. The zero-order valence-electron chi connectivity index (χ0n) is 18.4. The molecule has 1 saturated heterocycles. The molecule has 0 aliphatic carbocycles. The highest BCUT2D eigenvalue weighted by Gasteiger charge is 2.27. The van der Waals surface area contributed by atoms with E-state index in [1.54, 1.807) is 0 Å². The van der Waals surface area contributed by atoms with Gasteiger partial charge in [-0.05, 0) is 45.4 Å². The molecule has 1 fully saturated rings. The number of anilines is 2. The monoisotopic (exact) mass is 411 g/mol. The van der Waals surface area contributed by atoms with Gasteiger partial charge >= 0.3 is 0 Å². The van der Waals surface area contributed by atoms with Crippen LogP contribution in [0, 0.1) is 13.8 Å². The summed E-state index contributed by atoms with van der Waals surface area (Å²) >= 11 is 0. The minimum absolute atomic E-state index is 0.0926. The molecule has 3 heterocycles. The molecule has 0 radical (unpaired) electrons. The molecule has 7 nitrogen and oxygen atoms in total. The summed E-state index contributed by atoms with van der Waals surface area (Å²) in [5.74, 6) is 0.753. The smallest absolute Gasteiger partial charge is 0.259 e. The van der Waals surface area contributed by atoms with Gasteiger partial charge in [-0.3, -0.25) is 24.1 Å². The van der Waals surface area contributed by atoms with E-state index in [1.807, 2.05) is 18.4 Å². The zero-order valence-corrected chi connectivity index (χ0v) is 18.4. The Morgan fingerprint density at radius 3 is 2.40 bits per heavy atom. The minimum atomic E-state index is 0.0926. The van der Waals surface area contributed by atoms with Crippen molar-refractivity contribution in [3.63, 3.8) is 0 Å². The third-order valence-electron chi connectivity index (χ3n) is 6.13. The van der Waals surface area contributed by atoms with E-state index < -0.39 is 0 Å². The molecule has 162 valence electrons. The van der Waals surface area contributed by atoms with Gasteiger partial charge in [0.05, 0.1) is 26.6 Å². The van der Waals surface area contributed by atoms with Gasteiger partial charge in [0.25, 0.3) is 5.56 Å². The molecule has 0 N–H and O–H groups in total. The van der Waals surface area contributed by atoms with Crippen molar-refractivity contribution in [1.82, 2.24) is 19.4 Å². The van der Waals surface area contributed by atoms with Gasteiger partial charge in [-0.1, -0.05) is 24.6 Å². The van der Waals surface area contributed by atoms with Crippen LogP contribution < -0.4 is 10.5 Å². The van der Waals surface area contributed by atoms with Crippen molar-refractivity contribution >= 4 is 11.6 Å². The Kier molecular flexibility index (Phi) is 6.51. The largest absolute Gasteiger partial charge is 0.379 e. The molecule has 0 bridgehead atoms. The Labute approximate surface area is 178 Å². The number of hydrogen-bond donors (Lipinski definition) is 0. The number of nitrogens with zero attached hydrogens (tertiary/aromatic N) is 5. The first-order valence-corrected chi connectivity index (χ1v) is 11.0. The van der Waals surface area contributed by atoms with E-state index in [4.69, 9.17) is 9.72 Å². The van der Waals surface area contributed by atoms with E-state index in [0.29, 0.717) is 13.1 Å². The highest BCUT2D eigenvalue weighted by molar-refractivity contribution is 5.58. The summed E-state index contributed by atoms with van der Waals surface area (Å²) < 4.78 is 7.30. The summed E-state index contributed by atoms with van der Waals surface area (Å²) in [6.45, 7) is 13.1. The molecular weight excluding hydrogens is 378 g/mol. The van der Waals surface area contributed by atoms with Gasteiger partial charge in [-0.2, -0.15) is 0 Å². The summed E-state index contributed by atoms with van der Waals surface area (Å²) in [7, 11) is 0. The maximum Gasteiger partial charge on any atom is 0.259 e. The fraction of sp³-hybridized carbons (Fsp3) is 0.565. The Balaban J connectivity index is 1.58. The SMILES string of the molecule is CCc1c(C)nc2n(c1=O)CN(CCCN1CCOCC1)CN2c1ccc(C)cc1. The maximum absolute atomic E-state index is 13.2. The quantitative estimate of drug-likeness (QED) is 0.728. The average molecular weight is 412 g/mol. The van der Waals surface area contributed by atoms with Crippen LogP contribution in [0.2, 0.25) is 0 Å². The second-order valence-electron chi connectivity index (χ2n) is 8.31. The second kappa shape index (κ2) is 9.29. The highest BCUT2D eigenvalue weighted by atomic mass is 16.5. The van der Waals surface area contributed by atoms with Crippen LogP contribution in [0.3, 0.4) is 0 Å². The van der Waals surface area contributed by atoms with E-state index in [1.165, 1.54) is 5.56 Å². The lowest BCUT2D eigenvalue weighted by atomic mass is 10.2. The second-order valence-corrected chi connectivity index (χ2v) is 8.31. The summed E-state index contributed by atoms with van der Waals surface area (Å²) in [5.41, 5.74) is 4.04. The topological polar surface area (TPSA) is 53.8 Å². The normalized spacial score (nSPS) is 17.9. The van der Waals surface area contributed by atoms with Crippen LogP contribution in [-0.2, 0) is 17.8 Å². The van der Waals surface area contributed by atoms with Crippen LogP contribution in [-0.4, -0.2) is 65.4 Å². The Hall–Kier alpha value is -2.22. The van der Waals surface area contributed by atoms with Gasteiger partial charge in [0.15, 0.2) is 0 Å². The van der Waals surface area contributed by atoms with Crippen LogP contribution in [0.1, 0.15) is 30.2 Å². The molecule has 30 heavy (non-hydrogen) atoms. The van der Waals surface area contributed by atoms with Crippen molar-refractivity contribution in [2.24, 2.45) is 0 Å². The predicted molar refractivity (Wildman–Crippen MR) is 119 cm³/mol. The fourth-order valence-corrected chi connectivity index (χ4v) is 4.34. The van der Waals surface area contributed by atoms with Crippen LogP contribution >= 0.6 is 0 Å². The summed E-state index contributed by atoms with van der Waals surface area (Å²) in [6, 6.07) is 8.46. The molecule has 0 saturated carbocycles. The van der Waals surface area contributed by atoms with Crippen molar-refractivity contribution in [3.8, 4) is 0 Å². The molecule has 4 rings (SSSR count). The molecule has 2 aromatic rings. The van der Waals surface area contributed by atoms with E-state index in [9.17, 15) is 4.79 Å². The van der Waals surface area contributed by atoms with Gasteiger partial charge in [-0.25, -0.2) is 4.98 Å². The fourth-order valence-electron chi connectivity index (χ4n) is 4.34. The van der Waals surface area contributed by atoms with Crippen molar-refractivity contribution in [2.75, 3.05) is 51.0 Å². The zero-order chi connectivity index (χ0) is 21.1. The Morgan fingerprint density at radius 2 is 1.70 bits per heavy atom. The average Bonchev–Trinajstić information content (AvgIpc) is 2.75. The molecule has 7 heteroatoms. The van der Waals surface area contributed by atoms with E-state index in [2.05, 4.69) is 45.9 Å². The minimum Gasteiger partial charge on any atom is -0.379 e. The van der Waals surface area contributed by atoms with Crippen LogP contribution in [0.4, 0.5) is 11.6 Å². The predicted octanol–water partition coefficient (Wildman–Crippen LogP) is 2.51. The molecule has 2 aliphatic rings. The number of morpholine rings is 1. The molecule has 0 atom stereocenters. The van der Waals surface area contributed by atoms with Crippen molar-refractivity contribution in [2.45, 2.75) is 40.3 Å². The Morgan fingerprint density at radius 1 is 1.00 bits per heavy atom. The van der Waals surface area contributed by atoms with E-state index >= 15 is 0 Å². The van der Waals surface area contributed by atoms with Crippen molar-refractivity contribution < 1.29 is 4.74 Å². The maximum atomic E-state index is 13.2. The first-order chi connectivity index (χ1) is 14.6. The van der Waals surface area contributed by atoms with Crippen LogP contribution in [0.5, 0.6) is 0 Å². The molecule has 0 amide bonds. The number of benzene rings is 1. The van der Waals surface area contributed by atoms with E-state index in [0.717, 1.165) is 75.4 Å². The van der Waals surface area contributed by atoms with Crippen molar-refractivity contribution in [3.05, 3.63) is 51.4 Å². The van der Waals surface area contributed by atoms with Gasteiger partial charge < -0.3 is 4.74 Å². The lowest BCUT2D eigenvalue weighted by Gasteiger charge is -2.39. The summed E-state index contributed by atoms with van der Waals surface area (Å²) in [4.78, 5) is 25.1. The highest BCUT2D eigenvalue weighted by Crippen LogP contribution is 2.28. The number of rotatable bonds is 6. The lowest BCUT2D eigenvalue weighted by Crippen LogP contribution is -2.48. The third kappa shape index (κ3) is 4.43. The number of aromatic nitrogens is 2. The number of fused-ring (bicyclic) bond motifs is 1. The summed E-state index contributed by atoms with van der Waals surface area (Å²) in [5, 5.41) is 0. The van der Waals surface area contributed by atoms with Gasteiger partial charge in [0, 0.05) is 36.6 Å². The number of aryl methyl sites for hydroxylation is 2. The molecule has 0 spiro atoms. The molecular formula is C23H33N5O2. The standard InChI is InChI=1S/C23H33N5O2/c1-4-21-19(3)24-23-27(20-8-6-18(2)7-9-20)16-26(17-28(23)22(21)29)11-5-10-25-12-14-30-15-13-25/h6-9H,4-5,10-17H2,1-3H3. The number of hydrogen-bond acceptors (Lipinski definition) is 6. The molecule has 2 aliphatic heterocycles. The van der Waals surface area contributed by atoms with Crippen molar-refractivity contribution in [1.29, 1.82) is 0 Å². The molecule has 1 aromatic carbocycles. The molecule has 1 aromatic heterocycles. The third-order valence-corrected chi connectivity index (χ3v) is 6.13. The number of ether oxygens (including phenoxy) is 1. The van der Waals surface area contributed by atoms with E-state index in [-0.39, 0.29) is 5.56 Å². The van der Waals surface area contributed by atoms with Gasteiger partial charge in [0.1, 0.15) is 0 Å². The van der Waals surface area contributed by atoms with Crippen LogP contribution in [0.15, 0.2) is 29.1 Å². The lowest BCUT2D eigenvalue weighted by molar-refractivity contribution is 0.0354. The van der Waals surface area contributed by atoms with Crippen LogP contribution in [0.25, 0.3) is 0 Å². The first-order valence-electron chi connectivity index (χ1n) is 11.0. The van der Waals surface area contributed by atoms with Gasteiger partial charge in [0.2, 0.25) is 5.95 Å².